The normalized spacial score (nSPS) is 15.4. The van der Waals surface area contributed by atoms with Crippen LogP contribution in [0, 0.1) is 0 Å². The molecule has 36 heavy (non-hydrogen) atoms. The van der Waals surface area contributed by atoms with E-state index in [1.54, 1.807) is 0 Å². The summed E-state index contributed by atoms with van der Waals surface area (Å²) in [5.41, 5.74) is 2.80. The highest BCUT2D eigenvalue weighted by Gasteiger charge is 2.30. The number of carbonyl (C=O) groups excluding carboxylic acids is 1. The van der Waals surface area contributed by atoms with Gasteiger partial charge < -0.3 is 15.1 Å². The van der Waals surface area contributed by atoms with Crippen LogP contribution in [0.4, 0.5) is 24.5 Å². The predicted molar refractivity (Wildman–Crippen MR) is 138 cm³/mol. The number of nitrogens with one attached hydrogen (secondary N) is 1. The van der Waals surface area contributed by atoms with Crippen molar-refractivity contribution in [2.75, 3.05) is 56.6 Å². The van der Waals surface area contributed by atoms with Crippen molar-refractivity contribution in [3.63, 3.8) is 0 Å². The maximum Gasteiger partial charge on any atom is 0.416 e. The minimum atomic E-state index is -4.43. The number of hydrogen-bond acceptors (Lipinski definition) is 4. The van der Waals surface area contributed by atoms with Crippen LogP contribution in [0.15, 0.2) is 78.9 Å². The van der Waals surface area contributed by atoms with Crippen LogP contribution in [0.3, 0.4) is 0 Å². The third kappa shape index (κ3) is 6.18. The highest BCUT2D eigenvalue weighted by Crippen LogP contribution is 2.29. The van der Waals surface area contributed by atoms with Gasteiger partial charge in [-0.15, -0.1) is 0 Å². The molecular formula is C28H31F3N4O. The number of halogens is 3. The number of alkyl halides is 3. The Morgan fingerprint density at radius 3 is 2.06 bits per heavy atom. The number of rotatable bonds is 7. The molecule has 0 saturated carbocycles. The van der Waals surface area contributed by atoms with E-state index < -0.39 is 11.7 Å². The number of carbonyl (C=O) groups is 1. The Hall–Kier alpha value is -3.52. The second-order valence-corrected chi connectivity index (χ2v) is 9.15. The molecule has 190 valence electrons. The molecule has 1 aliphatic rings. The summed E-state index contributed by atoms with van der Waals surface area (Å²) in [7, 11) is 3.97. The van der Waals surface area contributed by atoms with Crippen LogP contribution >= 0.6 is 0 Å². The molecule has 5 nitrogen and oxygen atoms in total. The second-order valence-electron chi connectivity index (χ2n) is 9.15. The van der Waals surface area contributed by atoms with Crippen molar-refractivity contribution in [1.29, 1.82) is 0 Å². The first-order valence-corrected chi connectivity index (χ1v) is 12.0. The van der Waals surface area contributed by atoms with Crippen molar-refractivity contribution in [2.24, 2.45) is 0 Å². The minimum absolute atomic E-state index is 0.0578. The lowest BCUT2D eigenvalue weighted by Crippen LogP contribution is -2.50. The van der Waals surface area contributed by atoms with E-state index in [1.165, 1.54) is 17.8 Å². The molecule has 0 spiro atoms. The molecule has 1 amide bonds. The quantitative estimate of drug-likeness (QED) is 0.496. The Bertz CT molecular complexity index is 1120. The van der Waals surface area contributed by atoms with Crippen LogP contribution < -0.4 is 15.1 Å². The van der Waals surface area contributed by atoms with E-state index in [9.17, 15) is 18.0 Å². The average Bonchev–Trinajstić information content (AvgIpc) is 2.89. The third-order valence-electron chi connectivity index (χ3n) is 6.60. The largest absolute Gasteiger partial charge is 0.416 e. The van der Waals surface area contributed by atoms with Crippen molar-refractivity contribution in [2.45, 2.75) is 12.2 Å². The zero-order chi connectivity index (χ0) is 25.7. The molecule has 1 unspecified atom stereocenters. The average molecular weight is 497 g/mol. The van der Waals surface area contributed by atoms with Gasteiger partial charge >= 0.3 is 6.18 Å². The summed E-state index contributed by atoms with van der Waals surface area (Å²) in [6.07, 6.45) is -4.43. The molecule has 1 heterocycles. The number of nitrogens with zero attached hydrogens (tertiary/aromatic N) is 3. The molecule has 0 aromatic heterocycles. The van der Waals surface area contributed by atoms with Gasteiger partial charge in [-0.25, -0.2) is 0 Å². The number of anilines is 2. The second kappa shape index (κ2) is 11.0. The number of para-hydroxylation sites is 1. The fraction of sp³-hybridized carbons (Fsp3) is 0.321. The zero-order valence-electron chi connectivity index (χ0n) is 20.5. The number of amides is 1. The highest BCUT2D eigenvalue weighted by molar-refractivity contribution is 5.94. The summed E-state index contributed by atoms with van der Waals surface area (Å²) >= 11 is 0. The highest BCUT2D eigenvalue weighted by atomic mass is 19.4. The Labute approximate surface area is 210 Å². The minimum Gasteiger partial charge on any atom is -0.378 e. The topological polar surface area (TPSA) is 38.8 Å². The molecule has 8 heteroatoms. The standard InChI is InChI=1S/C28H31F3N4O/c1-33(2)24-14-10-21(11-15-24)26(35-18-16-34(17-19-35)25-6-4-3-5-7-25)20-32-27(36)22-8-12-23(13-9-22)28(29,30)31/h3-15,26H,16-20H2,1-2H3,(H,32,36). The van der Waals surface area contributed by atoms with Gasteiger partial charge in [-0.05, 0) is 54.1 Å². The molecule has 1 saturated heterocycles. The van der Waals surface area contributed by atoms with Gasteiger partial charge in [-0.1, -0.05) is 30.3 Å². The molecule has 4 rings (SSSR count). The van der Waals surface area contributed by atoms with E-state index in [-0.39, 0.29) is 17.5 Å². The fourth-order valence-corrected chi connectivity index (χ4v) is 4.49. The first kappa shape index (κ1) is 25.6. The van der Waals surface area contributed by atoms with Gasteiger partial charge in [0.05, 0.1) is 11.6 Å². The Balaban J connectivity index is 1.47. The molecule has 0 aliphatic carbocycles. The maximum atomic E-state index is 12.9. The number of benzene rings is 3. The van der Waals surface area contributed by atoms with Gasteiger partial charge in [0.15, 0.2) is 0 Å². The summed E-state index contributed by atoms with van der Waals surface area (Å²) < 4.78 is 38.6. The summed E-state index contributed by atoms with van der Waals surface area (Å²) in [5.74, 6) is -0.387. The van der Waals surface area contributed by atoms with E-state index in [4.69, 9.17) is 0 Å². The number of piperazine rings is 1. The Morgan fingerprint density at radius 2 is 1.50 bits per heavy atom. The molecule has 1 fully saturated rings. The zero-order valence-corrected chi connectivity index (χ0v) is 20.5. The van der Waals surface area contributed by atoms with E-state index in [1.807, 2.05) is 37.2 Å². The molecule has 3 aromatic rings. The van der Waals surface area contributed by atoms with Crippen LogP contribution in [0.1, 0.15) is 27.5 Å². The van der Waals surface area contributed by atoms with Gasteiger partial charge in [0, 0.05) is 63.8 Å². The number of hydrogen-bond donors (Lipinski definition) is 1. The van der Waals surface area contributed by atoms with Gasteiger partial charge in [-0.2, -0.15) is 13.2 Å². The molecule has 3 aromatic carbocycles. The van der Waals surface area contributed by atoms with E-state index in [0.29, 0.717) is 6.54 Å². The van der Waals surface area contributed by atoms with Gasteiger partial charge in [0.2, 0.25) is 0 Å². The third-order valence-corrected chi connectivity index (χ3v) is 6.60. The van der Waals surface area contributed by atoms with Crippen LogP contribution in [-0.2, 0) is 6.18 Å². The first-order chi connectivity index (χ1) is 17.2. The summed E-state index contributed by atoms with van der Waals surface area (Å²) in [4.78, 5) is 19.5. The van der Waals surface area contributed by atoms with Crippen molar-refractivity contribution >= 4 is 17.3 Å². The van der Waals surface area contributed by atoms with Gasteiger partial charge in [0.1, 0.15) is 0 Å². The Kier molecular flexibility index (Phi) is 7.84. The van der Waals surface area contributed by atoms with Gasteiger partial charge in [0.25, 0.3) is 5.91 Å². The Morgan fingerprint density at radius 1 is 0.889 bits per heavy atom. The van der Waals surface area contributed by atoms with Crippen molar-refractivity contribution in [3.8, 4) is 0 Å². The summed E-state index contributed by atoms with van der Waals surface area (Å²) in [6.45, 7) is 3.73. The summed E-state index contributed by atoms with van der Waals surface area (Å²) in [6, 6.07) is 22.8. The molecular weight excluding hydrogens is 465 g/mol. The van der Waals surface area contributed by atoms with Gasteiger partial charge in [-0.3, -0.25) is 9.69 Å². The summed E-state index contributed by atoms with van der Waals surface area (Å²) in [5, 5.41) is 2.95. The smallest absolute Gasteiger partial charge is 0.378 e. The van der Waals surface area contributed by atoms with Crippen LogP contribution in [0.2, 0.25) is 0 Å². The monoisotopic (exact) mass is 496 g/mol. The fourth-order valence-electron chi connectivity index (χ4n) is 4.49. The molecule has 0 radical (unpaired) electrons. The van der Waals surface area contributed by atoms with E-state index in [0.717, 1.165) is 49.6 Å². The lowest BCUT2D eigenvalue weighted by molar-refractivity contribution is -0.137. The predicted octanol–water partition coefficient (Wildman–Crippen LogP) is 5.06. The van der Waals surface area contributed by atoms with Crippen molar-refractivity contribution in [1.82, 2.24) is 10.2 Å². The molecule has 1 aliphatic heterocycles. The molecule has 0 bridgehead atoms. The molecule has 1 N–H and O–H groups in total. The maximum absolute atomic E-state index is 12.9. The van der Waals surface area contributed by atoms with Crippen LogP contribution in [0.5, 0.6) is 0 Å². The molecule has 1 atom stereocenters. The SMILES string of the molecule is CN(C)c1ccc(C(CNC(=O)c2ccc(C(F)(F)F)cc2)N2CCN(c3ccccc3)CC2)cc1. The lowest BCUT2D eigenvalue weighted by atomic mass is 10.0. The first-order valence-electron chi connectivity index (χ1n) is 12.0. The van der Waals surface area contributed by atoms with E-state index in [2.05, 4.69) is 51.5 Å². The van der Waals surface area contributed by atoms with Crippen LogP contribution in [-0.4, -0.2) is 57.6 Å². The van der Waals surface area contributed by atoms with Crippen molar-refractivity contribution < 1.29 is 18.0 Å². The van der Waals surface area contributed by atoms with Crippen LogP contribution in [0.25, 0.3) is 0 Å². The van der Waals surface area contributed by atoms with E-state index >= 15 is 0 Å². The lowest BCUT2D eigenvalue weighted by Gasteiger charge is -2.40. The van der Waals surface area contributed by atoms with Crippen molar-refractivity contribution in [3.05, 3.63) is 95.6 Å².